The number of amides is 2. The van der Waals surface area contributed by atoms with Crippen LogP contribution in [0.25, 0.3) is 0 Å². The first-order valence-electron chi connectivity index (χ1n) is 13.1. The molecular weight excluding hydrogens is 650 g/mol. The first-order chi connectivity index (χ1) is 19.6. The van der Waals surface area contributed by atoms with Crippen LogP contribution in [0.1, 0.15) is 33.7 Å². The van der Waals surface area contributed by atoms with Gasteiger partial charge in [0.2, 0.25) is 11.8 Å². The van der Waals surface area contributed by atoms with E-state index in [1.165, 1.54) is 14.2 Å². The molecule has 1 aliphatic heterocycles. The Labute approximate surface area is 248 Å². The fourth-order valence-electron chi connectivity index (χ4n) is 7.45. The molecule has 7 rings (SSSR count). The number of nitrogens with zero attached hydrogens (tertiary/aromatic N) is 1. The molecule has 6 nitrogen and oxygen atoms in total. The minimum atomic E-state index is -4.81. The van der Waals surface area contributed by atoms with Crippen LogP contribution in [0.3, 0.4) is 0 Å². The van der Waals surface area contributed by atoms with Gasteiger partial charge in [-0.3, -0.25) is 14.5 Å². The monoisotopic (exact) mass is 677 g/mol. The van der Waals surface area contributed by atoms with Crippen molar-refractivity contribution in [3.05, 3.63) is 92.1 Å². The molecule has 0 saturated carbocycles. The molecule has 0 unspecified atom stereocenters. The Morgan fingerprint density at radius 2 is 1.46 bits per heavy atom. The largest absolute Gasteiger partial charge is 0.493 e. The molecule has 0 N–H and O–H groups in total. The maximum atomic E-state index is 14.9. The summed E-state index contributed by atoms with van der Waals surface area (Å²) in [4.78, 5) is 29.6. The second kappa shape index (κ2) is 10.0. The second-order valence-electron chi connectivity index (χ2n) is 10.6. The number of carbonyl (C=O) groups is 2. The zero-order valence-electron chi connectivity index (χ0n) is 22.5. The van der Waals surface area contributed by atoms with Crippen LogP contribution in [0.15, 0.2) is 60.7 Å². The third kappa shape index (κ3) is 3.86. The highest BCUT2D eigenvalue weighted by Gasteiger charge is 2.73. The molecule has 214 valence electrons. The predicted octanol–water partition coefficient (Wildman–Crippen LogP) is 5.47. The van der Waals surface area contributed by atoms with Gasteiger partial charge in [0.15, 0.2) is 17.6 Å². The molecular formula is C31H27F3INO5. The number of alkyl halides is 3. The standard InChI is InChI=1S/C31H27F3INO5/c1-39-22-14-16(21(35)15-23(22)40-2)12-13-36-27(37)25-24-17-8-4-6-10-19(17)30(26(25)28(36)38,29(41-3)31(32,33)34)20-11-7-5-9-18(20)24/h4-11,14-15,24-26,29H,12-13H2,1-3H3/t24?,25-,26+,29-,30?/m0/s1. The van der Waals surface area contributed by atoms with Gasteiger partial charge >= 0.3 is 6.18 Å². The van der Waals surface area contributed by atoms with Crippen LogP contribution in [0.5, 0.6) is 11.5 Å². The van der Waals surface area contributed by atoms with Crippen LogP contribution in [-0.2, 0) is 26.2 Å². The molecule has 0 aromatic heterocycles. The number of ether oxygens (including phenoxy) is 3. The molecule has 0 radical (unpaired) electrons. The van der Waals surface area contributed by atoms with Gasteiger partial charge in [-0.1, -0.05) is 48.5 Å². The van der Waals surface area contributed by atoms with Gasteiger partial charge < -0.3 is 14.2 Å². The van der Waals surface area contributed by atoms with E-state index in [1.807, 2.05) is 0 Å². The first-order valence-corrected chi connectivity index (χ1v) is 14.2. The fraction of sp³-hybridized carbons (Fsp3) is 0.355. The van der Waals surface area contributed by atoms with Crippen molar-refractivity contribution in [2.24, 2.45) is 11.8 Å². The highest BCUT2D eigenvalue weighted by atomic mass is 127. The molecule has 3 aromatic rings. The maximum Gasteiger partial charge on any atom is 0.415 e. The average molecular weight is 677 g/mol. The molecule has 1 fully saturated rings. The zero-order chi connectivity index (χ0) is 29.3. The van der Waals surface area contributed by atoms with E-state index in [1.54, 1.807) is 60.7 Å². The predicted molar refractivity (Wildman–Crippen MR) is 152 cm³/mol. The van der Waals surface area contributed by atoms with Crippen LogP contribution in [0, 0.1) is 15.4 Å². The Morgan fingerprint density at radius 3 is 2.00 bits per heavy atom. The van der Waals surface area contributed by atoms with Crippen molar-refractivity contribution in [1.82, 2.24) is 4.90 Å². The minimum absolute atomic E-state index is 0.0231. The Bertz CT molecular complexity index is 1510. The maximum absolute atomic E-state index is 14.9. The summed E-state index contributed by atoms with van der Waals surface area (Å²) in [5, 5.41) is 0. The fourth-order valence-corrected chi connectivity index (χ4v) is 8.16. The summed E-state index contributed by atoms with van der Waals surface area (Å²) >= 11 is 2.15. The molecule has 10 heteroatoms. The molecule has 1 heterocycles. The summed E-state index contributed by atoms with van der Waals surface area (Å²) in [6.07, 6.45) is -6.84. The lowest BCUT2D eigenvalue weighted by Gasteiger charge is -2.56. The highest BCUT2D eigenvalue weighted by Crippen LogP contribution is 2.66. The van der Waals surface area contributed by atoms with Crippen LogP contribution < -0.4 is 9.47 Å². The van der Waals surface area contributed by atoms with E-state index in [0.717, 1.165) is 21.1 Å². The number of hydrogen-bond donors (Lipinski definition) is 0. The summed E-state index contributed by atoms with van der Waals surface area (Å²) in [7, 11) is 4.07. The Hall–Kier alpha value is -3.12. The second-order valence-corrected chi connectivity index (χ2v) is 11.7. The van der Waals surface area contributed by atoms with E-state index in [-0.39, 0.29) is 6.54 Å². The van der Waals surface area contributed by atoms with Crippen LogP contribution in [-0.4, -0.2) is 56.9 Å². The molecule has 41 heavy (non-hydrogen) atoms. The van der Waals surface area contributed by atoms with Crippen molar-refractivity contribution in [1.29, 1.82) is 0 Å². The van der Waals surface area contributed by atoms with Gasteiger partial charge in [-0.2, -0.15) is 13.2 Å². The summed E-state index contributed by atoms with van der Waals surface area (Å²) in [6, 6.07) is 17.3. The van der Waals surface area contributed by atoms with Crippen molar-refractivity contribution in [3.8, 4) is 11.5 Å². The summed E-state index contributed by atoms with van der Waals surface area (Å²) in [5.74, 6) is -2.78. The van der Waals surface area contributed by atoms with E-state index in [0.29, 0.717) is 40.2 Å². The van der Waals surface area contributed by atoms with E-state index < -0.39 is 47.3 Å². The zero-order valence-corrected chi connectivity index (χ0v) is 24.7. The average Bonchev–Trinajstić information content (AvgIpc) is 3.22. The first kappa shape index (κ1) is 28.0. The van der Waals surface area contributed by atoms with Crippen LogP contribution in [0.2, 0.25) is 0 Å². The lowest BCUT2D eigenvalue weighted by atomic mass is 9.45. The molecule has 0 spiro atoms. The summed E-state index contributed by atoms with van der Waals surface area (Å²) in [6.45, 7) is 0.0231. The highest BCUT2D eigenvalue weighted by molar-refractivity contribution is 14.1. The third-order valence-corrected chi connectivity index (χ3v) is 9.88. The molecule has 2 bridgehead atoms. The van der Waals surface area contributed by atoms with Crippen LogP contribution >= 0.6 is 22.6 Å². The van der Waals surface area contributed by atoms with Gasteiger partial charge in [0, 0.05) is 23.1 Å². The van der Waals surface area contributed by atoms with E-state index in [2.05, 4.69) is 22.6 Å². The van der Waals surface area contributed by atoms with Gasteiger partial charge in [-0.15, -0.1) is 0 Å². The third-order valence-electron chi connectivity index (χ3n) is 8.88. The van der Waals surface area contributed by atoms with Gasteiger partial charge in [0.05, 0.1) is 31.5 Å². The van der Waals surface area contributed by atoms with Crippen molar-refractivity contribution >= 4 is 34.4 Å². The van der Waals surface area contributed by atoms with Gasteiger partial charge in [0.25, 0.3) is 0 Å². The summed E-state index contributed by atoms with van der Waals surface area (Å²) in [5.41, 5.74) is 0.970. The molecule has 3 aromatic carbocycles. The topological polar surface area (TPSA) is 65.1 Å². The van der Waals surface area contributed by atoms with Crippen LogP contribution in [0.4, 0.5) is 13.2 Å². The Balaban J connectivity index is 1.49. The molecule has 3 atom stereocenters. The number of carbonyl (C=O) groups excluding carboxylic acids is 2. The normalized spacial score (nSPS) is 25.0. The number of hydrogen-bond acceptors (Lipinski definition) is 5. The number of methoxy groups -OCH3 is 3. The van der Waals surface area contributed by atoms with Crippen molar-refractivity contribution in [2.45, 2.75) is 30.0 Å². The van der Waals surface area contributed by atoms with Crippen molar-refractivity contribution < 1.29 is 37.0 Å². The Kier molecular flexibility index (Phi) is 6.84. The molecule has 1 saturated heterocycles. The lowest BCUT2D eigenvalue weighted by Crippen LogP contribution is -2.63. The van der Waals surface area contributed by atoms with E-state index >= 15 is 0 Å². The van der Waals surface area contributed by atoms with Crippen molar-refractivity contribution in [2.75, 3.05) is 27.9 Å². The van der Waals surface area contributed by atoms with Gasteiger partial charge in [-0.05, 0) is 69.0 Å². The Morgan fingerprint density at radius 1 is 0.902 bits per heavy atom. The number of imide groups is 1. The number of likely N-dealkylation sites (tertiary alicyclic amines) is 1. The molecule has 4 aliphatic rings. The minimum Gasteiger partial charge on any atom is -0.493 e. The molecule has 2 amide bonds. The molecule has 3 aliphatic carbocycles. The van der Waals surface area contributed by atoms with E-state index in [4.69, 9.17) is 14.2 Å². The van der Waals surface area contributed by atoms with Gasteiger partial charge in [0.1, 0.15) is 0 Å². The summed E-state index contributed by atoms with van der Waals surface area (Å²) < 4.78 is 61.6. The van der Waals surface area contributed by atoms with Gasteiger partial charge in [-0.25, -0.2) is 0 Å². The SMILES string of the molecule is COc1cc(I)c(CCN2C(=O)[C@H]3C4c5ccccc5C([C@H](OC)C(F)(F)F)(c5ccccc54)[C@H]3C2=O)cc1OC. The van der Waals surface area contributed by atoms with E-state index in [9.17, 15) is 22.8 Å². The number of benzene rings is 3. The lowest BCUT2D eigenvalue weighted by molar-refractivity contribution is -0.238. The number of halogens is 4. The smallest absolute Gasteiger partial charge is 0.415 e. The quantitative estimate of drug-likeness (QED) is 0.245. The number of rotatable bonds is 7. The van der Waals surface area contributed by atoms with Crippen molar-refractivity contribution in [3.63, 3.8) is 0 Å².